The summed E-state index contributed by atoms with van der Waals surface area (Å²) in [4.78, 5) is 12.2. The molecule has 0 unspecified atom stereocenters. The Bertz CT molecular complexity index is 690. The van der Waals surface area contributed by atoms with Crippen molar-refractivity contribution in [2.75, 3.05) is 20.2 Å². The number of nitrogens with one attached hydrogen (secondary N) is 1. The molecule has 2 rings (SSSR count). The van der Waals surface area contributed by atoms with Gasteiger partial charge in [-0.05, 0) is 38.0 Å². The van der Waals surface area contributed by atoms with E-state index in [9.17, 15) is 13.2 Å². The van der Waals surface area contributed by atoms with Crippen LogP contribution in [0.4, 0.5) is 0 Å². The van der Waals surface area contributed by atoms with Crippen LogP contribution in [0.1, 0.15) is 18.9 Å². The van der Waals surface area contributed by atoms with Gasteiger partial charge in [0.05, 0.1) is 7.11 Å². The second kappa shape index (κ2) is 6.86. The lowest BCUT2D eigenvalue weighted by Gasteiger charge is -2.24. The van der Waals surface area contributed by atoms with Gasteiger partial charge in [0.1, 0.15) is 16.7 Å². The monoisotopic (exact) mass is 341 g/mol. The first-order valence-electron chi connectivity index (χ1n) is 7.51. The molecule has 7 nitrogen and oxygen atoms in total. The number of carbonyl (C=O) groups excluding carboxylic acids is 1. The third kappa shape index (κ3) is 3.49. The highest BCUT2D eigenvalue weighted by atomic mass is 32.2. The van der Waals surface area contributed by atoms with E-state index in [1.54, 1.807) is 19.1 Å². The molecule has 2 atom stereocenters. The number of rotatable bonds is 5. The summed E-state index contributed by atoms with van der Waals surface area (Å²) >= 11 is 0. The van der Waals surface area contributed by atoms with E-state index in [0.717, 1.165) is 5.56 Å². The normalized spacial score (nSPS) is 22.1. The number of benzene rings is 1. The summed E-state index contributed by atoms with van der Waals surface area (Å²) < 4.78 is 32.4. The molecule has 0 spiro atoms. The minimum Gasteiger partial charge on any atom is -0.495 e. The number of nitrogens with two attached hydrogens (primary N) is 1. The molecule has 0 aliphatic carbocycles. The Labute approximate surface area is 136 Å². The van der Waals surface area contributed by atoms with Crippen LogP contribution in [0.15, 0.2) is 23.1 Å². The average Bonchev–Trinajstić information content (AvgIpc) is 2.90. The molecule has 0 radical (unpaired) electrons. The Morgan fingerprint density at radius 3 is 2.78 bits per heavy atom. The maximum atomic E-state index is 13.0. The molecule has 3 N–H and O–H groups in total. The summed E-state index contributed by atoms with van der Waals surface area (Å²) in [5.41, 5.74) is 6.79. The van der Waals surface area contributed by atoms with E-state index >= 15 is 0 Å². The van der Waals surface area contributed by atoms with Gasteiger partial charge in [-0.3, -0.25) is 4.79 Å². The van der Waals surface area contributed by atoms with Crippen molar-refractivity contribution in [2.45, 2.75) is 37.2 Å². The molecule has 1 aromatic carbocycles. The molecule has 0 saturated carbocycles. The van der Waals surface area contributed by atoms with Gasteiger partial charge < -0.3 is 15.8 Å². The highest BCUT2D eigenvalue weighted by Crippen LogP contribution is 2.32. The summed E-state index contributed by atoms with van der Waals surface area (Å²) in [6.45, 7) is 4.18. The number of amides is 1. The molecule has 1 aromatic rings. The first-order chi connectivity index (χ1) is 10.8. The first kappa shape index (κ1) is 17.7. The molecule has 0 aromatic heterocycles. The quantitative estimate of drug-likeness (QED) is 0.798. The molecule has 1 aliphatic heterocycles. The number of carbonyl (C=O) groups is 1. The maximum absolute atomic E-state index is 13.0. The maximum Gasteiger partial charge on any atom is 0.247 e. The van der Waals surface area contributed by atoms with Crippen molar-refractivity contribution in [3.8, 4) is 5.75 Å². The van der Waals surface area contributed by atoms with E-state index < -0.39 is 16.1 Å². The molecule has 128 valence electrons. The lowest BCUT2D eigenvalue weighted by atomic mass is 10.2. The number of nitrogens with zero attached hydrogens (tertiary/aromatic N) is 1. The number of hydrogen-bond acceptors (Lipinski definition) is 5. The number of ether oxygens (including phenoxy) is 1. The Balaban J connectivity index is 2.43. The fraction of sp³-hybridized carbons (Fsp3) is 0.533. The van der Waals surface area contributed by atoms with E-state index in [1.807, 2.05) is 6.92 Å². The van der Waals surface area contributed by atoms with Crippen molar-refractivity contribution in [3.63, 3.8) is 0 Å². The molecule has 1 aliphatic rings. The molecule has 8 heteroatoms. The van der Waals surface area contributed by atoms with Gasteiger partial charge in [0.25, 0.3) is 0 Å². The number of hydrogen-bond donors (Lipinski definition) is 2. The van der Waals surface area contributed by atoms with E-state index in [-0.39, 0.29) is 29.1 Å². The standard InChI is InChI=1S/C15H23N3O4S/c1-4-17-15(19)12-8-11(16)9-18(12)23(20,21)14-6-5-10(2)7-13(14)22-3/h5-7,11-12H,4,8-9,16H2,1-3H3,(H,17,19)/t11-,12+/m1/s1. The first-order valence-corrected chi connectivity index (χ1v) is 8.95. The zero-order valence-corrected chi connectivity index (χ0v) is 14.4. The number of methoxy groups -OCH3 is 1. The SMILES string of the molecule is CCNC(=O)[C@@H]1C[C@@H](N)CN1S(=O)(=O)c1ccc(C)cc1OC. The minimum atomic E-state index is -3.88. The van der Waals surface area contributed by atoms with Crippen LogP contribution in [-0.2, 0) is 14.8 Å². The van der Waals surface area contributed by atoms with Gasteiger partial charge in [0.15, 0.2) is 0 Å². The summed E-state index contributed by atoms with van der Waals surface area (Å²) in [5.74, 6) is -0.0600. The smallest absolute Gasteiger partial charge is 0.247 e. The molecular formula is C15H23N3O4S. The lowest BCUT2D eigenvalue weighted by molar-refractivity contribution is -0.124. The fourth-order valence-electron chi connectivity index (χ4n) is 2.75. The van der Waals surface area contributed by atoms with Crippen molar-refractivity contribution in [1.82, 2.24) is 9.62 Å². The zero-order valence-electron chi connectivity index (χ0n) is 13.6. The van der Waals surface area contributed by atoms with Gasteiger partial charge in [-0.15, -0.1) is 0 Å². The van der Waals surface area contributed by atoms with Crippen LogP contribution >= 0.6 is 0 Å². The van der Waals surface area contributed by atoms with Gasteiger partial charge in [-0.1, -0.05) is 6.07 Å². The van der Waals surface area contributed by atoms with Gasteiger partial charge in [0, 0.05) is 19.1 Å². The van der Waals surface area contributed by atoms with Crippen molar-refractivity contribution in [2.24, 2.45) is 5.73 Å². The largest absolute Gasteiger partial charge is 0.495 e. The highest BCUT2D eigenvalue weighted by molar-refractivity contribution is 7.89. The number of sulfonamides is 1. The van der Waals surface area contributed by atoms with Crippen LogP contribution in [0.25, 0.3) is 0 Å². The Hall–Kier alpha value is -1.64. The van der Waals surface area contributed by atoms with Crippen LogP contribution in [0, 0.1) is 6.92 Å². The molecule has 23 heavy (non-hydrogen) atoms. The van der Waals surface area contributed by atoms with Gasteiger partial charge >= 0.3 is 0 Å². The van der Waals surface area contributed by atoms with Crippen LogP contribution in [-0.4, -0.2) is 50.9 Å². The van der Waals surface area contributed by atoms with E-state index in [0.29, 0.717) is 13.0 Å². The summed E-state index contributed by atoms with van der Waals surface area (Å²) in [6, 6.07) is 3.70. The van der Waals surface area contributed by atoms with Crippen molar-refractivity contribution in [3.05, 3.63) is 23.8 Å². The minimum absolute atomic E-state index is 0.0500. The molecule has 1 saturated heterocycles. The second-order valence-electron chi connectivity index (χ2n) is 5.64. The molecular weight excluding hydrogens is 318 g/mol. The zero-order chi connectivity index (χ0) is 17.2. The molecule has 0 bridgehead atoms. The third-order valence-electron chi connectivity index (χ3n) is 3.85. The van der Waals surface area contributed by atoms with Crippen molar-refractivity contribution in [1.29, 1.82) is 0 Å². The van der Waals surface area contributed by atoms with Crippen LogP contribution in [0.5, 0.6) is 5.75 Å². The lowest BCUT2D eigenvalue weighted by Crippen LogP contribution is -2.45. The van der Waals surface area contributed by atoms with Crippen LogP contribution < -0.4 is 15.8 Å². The predicted molar refractivity (Wildman–Crippen MR) is 86.7 cm³/mol. The van der Waals surface area contributed by atoms with Crippen molar-refractivity contribution >= 4 is 15.9 Å². The van der Waals surface area contributed by atoms with E-state index in [1.165, 1.54) is 17.5 Å². The molecule has 1 amide bonds. The van der Waals surface area contributed by atoms with Gasteiger partial charge in [-0.2, -0.15) is 4.31 Å². The van der Waals surface area contributed by atoms with Crippen LogP contribution in [0.3, 0.4) is 0 Å². The summed E-state index contributed by atoms with van der Waals surface area (Å²) in [5, 5.41) is 2.67. The Morgan fingerprint density at radius 1 is 1.48 bits per heavy atom. The van der Waals surface area contributed by atoms with E-state index in [4.69, 9.17) is 10.5 Å². The van der Waals surface area contributed by atoms with Gasteiger partial charge in [-0.25, -0.2) is 8.42 Å². The predicted octanol–water partition coefficient (Wildman–Crippen LogP) is 0.230. The Morgan fingerprint density at radius 2 is 2.17 bits per heavy atom. The topological polar surface area (TPSA) is 102 Å². The number of likely N-dealkylation sites (N-methyl/N-ethyl adjacent to an activating group) is 1. The average molecular weight is 341 g/mol. The fourth-order valence-corrected chi connectivity index (χ4v) is 4.54. The second-order valence-corrected chi connectivity index (χ2v) is 7.49. The molecule has 1 fully saturated rings. The number of aryl methyl sites for hydroxylation is 1. The van der Waals surface area contributed by atoms with E-state index in [2.05, 4.69) is 5.32 Å². The van der Waals surface area contributed by atoms with Crippen LogP contribution in [0.2, 0.25) is 0 Å². The Kier molecular flexibility index (Phi) is 5.28. The molecule has 1 heterocycles. The van der Waals surface area contributed by atoms with Gasteiger partial charge in [0.2, 0.25) is 15.9 Å². The third-order valence-corrected chi connectivity index (χ3v) is 5.76. The summed E-state index contributed by atoms with van der Waals surface area (Å²) in [6.07, 6.45) is 0.305. The summed E-state index contributed by atoms with van der Waals surface area (Å²) in [7, 11) is -2.45. The highest BCUT2D eigenvalue weighted by Gasteiger charge is 2.43. The van der Waals surface area contributed by atoms with Crippen molar-refractivity contribution < 1.29 is 17.9 Å².